The van der Waals surface area contributed by atoms with Gasteiger partial charge in [-0.3, -0.25) is 13.9 Å². The minimum Gasteiger partial charge on any atom is -0.457 e. The van der Waals surface area contributed by atoms with Gasteiger partial charge in [-0.25, -0.2) is 15.0 Å². The SMILES string of the molecule is Cn1c(=O)c2c(nc(N/N=C/c3ccc(OC(=O)c4ccco4)cc3)n2C)n(C)c1=O. The van der Waals surface area contributed by atoms with E-state index in [1.807, 2.05) is 0 Å². The maximum absolute atomic E-state index is 12.4. The fraction of sp³-hybridized carbons (Fsp3) is 0.150. The van der Waals surface area contributed by atoms with Gasteiger partial charge in [0.05, 0.1) is 12.5 Å². The Morgan fingerprint density at radius 1 is 1.10 bits per heavy atom. The summed E-state index contributed by atoms with van der Waals surface area (Å²) in [5.74, 6) is 0.187. The highest BCUT2D eigenvalue weighted by molar-refractivity contribution is 5.88. The molecule has 0 saturated heterocycles. The summed E-state index contributed by atoms with van der Waals surface area (Å²) in [4.78, 5) is 40.6. The van der Waals surface area contributed by atoms with Crippen molar-refractivity contribution in [3.8, 4) is 5.75 Å². The first kappa shape index (κ1) is 19.9. The molecule has 11 nitrogen and oxygen atoms in total. The highest BCUT2D eigenvalue weighted by Gasteiger charge is 2.16. The molecule has 0 atom stereocenters. The Morgan fingerprint density at radius 2 is 1.84 bits per heavy atom. The zero-order chi connectivity index (χ0) is 22.1. The number of anilines is 1. The molecule has 0 radical (unpaired) electrons. The van der Waals surface area contributed by atoms with E-state index in [1.165, 1.54) is 34.7 Å². The number of esters is 1. The second kappa shape index (κ2) is 7.78. The summed E-state index contributed by atoms with van der Waals surface area (Å²) in [7, 11) is 4.61. The summed E-state index contributed by atoms with van der Waals surface area (Å²) < 4.78 is 14.1. The van der Waals surface area contributed by atoms with Crippen LogP contribution in [-0.4, -0.2) is 30.9 Å². The number of hydrazone groups is 1. The van der Waals surface area contributed by atoms with Crippen LogP contribution in [-0.2, 0) is 21.1 Å². The topological polar surface area (TPSA) is 126 Å². The Balaban J connectivity index is 1.49. The molecule has 1 N–H and O–H groups in total. The number of aromatic nitrogens is 4. The van der Waals surface area contributed by atoms with Crippen LogP contribution in [0.4, 0.5) is 5.95 Å². The molecule has 4 aromatic rings. The zero-order valence-corrected chi connectivity index (χ0v) is 16.9. The molecule has 0 spiro atoms. The number of carbonyl (C=O) groups is 1. The van der Waals surface area contributed by atoms with Crippen molar-refractivity contribution >= 4 is 29.3 Å². The molecule has 0 fully saturated rings. The maximum Gasteiger partial charge on any atom is 0.379 e. The van der Waals surface area contributed by atoms with E-state index in [2.05, 4.69) is 15.5 Å². The highest BCUT2D eigenvalue weighted by atomic mass is 16.5. The van der Waals surface area contributed by atoms with Gasteiger partial charge in [-0.05, 0) is 42.0 Å². The average molecular weight is 422 g/mol. The molecule has 1 aromatic carbocycles. The number of rotatable bonds is 5. The van der Waals surface area contributed by atoms with E-state index in [9.17, 15) is 14.4 Å². The van der Waals surface area contributed by atoms with Gasteiger partial charge in [-0.1, -0.05) is 0 Å². The predicted molar refractivity (Wildman–Crippen MR) is 113 cm³/mol. The van der Waals surface area contributed by atoms with E-state index in [-0.39, 0.29) is 16.9 Å². The number of benzene rings is 1. The Hall–Kier alpha value is -4.41. The van der Waals surface area contributed by atoms with Crippen LogP contribution in [0.25, 0.3) is 11.2 Å². The maximum atomic E-state index is 12.4. The van der Waals surface area contributed by atoms with Crippen molar-refractivity contribution in [1.29, 1.82) is 0 Å². The number of furan rings is 1. The van der Waals surface area contributed by atoms with Crippen LogP contribution in [0.1, 0.15) is 16.1 Å². The van der Waals surface area contributed by atoms with Crippen molar-refractivity contribution in [2.24, 2.45) is 26.2 Å². The Bertz CT molecular complexity index is 1410. The van der Waals surface area contributed by atoms with Gasteiger partial charge in [0.2, 0.25) is 11.7 Å². The molecule has 0 saturated carbocycles. The van der Waals surface area contributed by atoms with E-state index in [4.69, 9.17) is 9.15 Å². The lowest BCUT2D eigenvalue weighted by Gasteiger charge is -2.03. The van der Waals surface area contributed by atoms with Crippen molar-refractivity contribution < 1.29 is 13.9 Å². The molecule has 4 rings (SSSR count). The van der Waals surface area contributed by atoms with Crippen LogP contribution < -0.4 is 21.4 Å². The molecular weight excluding hydrogens is 404 g/mol. The van der Waals surface area contributed by atoms with Gasteiger partial charge in [-0.15, -0.1) is 0 Å². The molecule has 11 heteroatoms. The number of fused-ring (bicyclic) bond motifs is 1. The molecular formula is C20H18N6O5. The molecule has 158 valence electrons. The lowest BCUT2D eigenvalue weighted by atomic mass is 10.2. The first-order valence-corrected chi connectivity index (χ1v) is 9.14. The summed E-state index contributed by atoms with van der Waals surface area (Å²) in [5.41, 5.74) is 3.14. The Kier molecular flexibility index (Phi) is 4.99. The van der Waals surface area contributed by atoms with Crippen molar-refractivity contribution in [3.05, 3.63) is 74.8 Å². The number of hydrogen-bond acceptors (Lipinski definition) is 8. The van der Waals surface area contributed by atoms with Crippen LogP contribution in [0.15, 0.2) is 61.8 Å². The molecule has 0 unspecified atom stereocenters. The summed E-state index contributed by atoms with van der Waals surface area (Å²) in [5, 5.41) is 4.13. The van der Waals surface area contributed by atoms with Crippen molar-refractivity contribution in [3.63, 3.8) is 0 Å². The van der Waals surface area contributed by atoms with Crippen LogP contribution in [0.5, 0.6) is 5.75 Å². The Labute approximate surface area is 174 Å². The van der Waals surface area contributed by atoms with Gasteiger partial charge in [0.15, 0.2) is 11.2 Å². The summed E-state index contributed by atoms with van der Waals surface area (Å²) in [6, 6.07) is 9.79. The van der Waals surface area contributed by atoms with Gasteiger partial charge >= 0.3 is 11.7 Å². The molecule has 3 aromatic heterocycles. The lowest BCUT2D eigenvalue weighted by Crippen LogP contribution is -2.37. The number of hydrogen-bond donors (Lipinski definition) is 1. The van der Waals surface area contributed by atoms with E-state index >= 15 is 0 Å². The summed E-state index contributed by atoms with van der Waals surface area (Å²) in [6.45, 7) is 0. The molecule has 3 heterocycles. The molecule has 31 heavy (non-hydrogen) atoms. The summed E-state index contributed by atoms with van der Waals surface area (Å²) >= 11 is 0. The molecule has 0 amide bonds. The number of carbonyl (C=O) groups excluding carboxylic acids is 1. The number of imidazole rings is 1. The monoisotopic (exact) mass is 422 g/mol. The number of nitrogens with one attached hydrogen (secondary N) is 1. The quantitative estimate of drug-likeness (QED) is 0.222. The third-order valence-electron chi connectivity index (χ3n) is 4.67. The first-order chi connectivity index (χ1) is 14.9. The smallest absolute Gasteiger partial charge is 0.379 e. The number of aryl methyl sites for hydroxylation is 2. The molecule has 0 aliphatic carbocycles. The van der Waals surface area contributed by atoms with E-state index in [0.717, 1.165) is 10.1 Å². The van der Waals surface area contributed by atoms with Gasteiger partial charge in [0.1, 0.15) is 5.75 Å². The second-order valence-electron chi connectivity index (χ2n) is 6.68. The van der Waals surface area contributed by atoms with Crippen molar-refractivity contribution in [1.82, 2.24) is 18.7 Å². The zero-order valence-electron chi connectivity index (χ0n) is 16.9. The van der Waals surface area contributed by atoms with Crippen LogP contribution in [0.3, 0.4) is 0 Å². The molecule has 0 bridgehead atoms. The van der Waals surface area contributed by atoms with Gasteiger partial charge in [-0.2, -0.15) is 10.1 Å². The standard InChI is InChI=1S/C20H18N6O5/c1-24-15-16(25(2)20(29)26(3)17(15)27)22-19(24)23-21-11-12-6-8-13(9-7-12)31-18(28)14-5-4-10-30-14/h4-11H,1-3H3,(H,22,23)/b21-11+. The predicted octanol–water partition coefficient (Wildman–Crippen LogP) is 1.23. The third kappa shape index (κ3) is 3.64. The molecule has 0 aliphatic rings. The second-order valence-corrected chi connectivity index (χ2v) is 6.68. The minimum absolute atomic E-state index is 0.115. The third-order valence-corrected chi connectivity index (χ3v) is 4.67. The largest absolute Gasteiger partial charge is 0.457 e. The highest BCUT2D eigenvalue weighted by Crippen LogP contribution is 2.15. The van der Waals surface area contributed by atoms with Crippen LogP contribution >= 0.6 is 0 Å². The van der Waals surface area contributed by atoms with E-state index in [0.29, 0.717) is 11.7 Å². The van der Waals surface area contributed by atoms with Gasteiger partial charge < -0.3 is 13.7 Å². The van der Waals surface area contributed by atoms with Crippen LogP contribution in [0.2, 0.25) is 0 Å². The normalized spacial score (nSPS) is 11.3. The van der Waals surface area contributed by atoms with E-state index in [1.54, 1.807) is 44.4 Å². The number of nitrogens with zero attached hydrogens (tertiary/aromatic N) is 5. The minimum atomic E-state index is -0.588. The van der Waals surface area contributed by atoms with Crippen molar-refractivity contribution in [2.45, 2.75) is 0 Å². The average Bonchev–Trinajstić information content (AvgIpc) is 3.41. The van der Waals surface area contributed by atoms with Crippen molar-refractivity contribution in [2.75, 3.05) is 5.43 Å². The van der Waals surface area contributed by atoms with E-state index < -0.39 is 17.2 Å². The fourth-order valence-electron chi connectivity index (χ4n) is 2.96. The fourth-order valence-corrected chi connectivity index (χ4v) is 2.96. The molecule has 0 aliphatic heterocycles. The van der Waals surface area contributed by atoms with Gasteiger partial charge in [0.25, 0.3) is 5.56 Å². The first-order valence-electron chi connectivity index (χ1n) is 9.14. The lowest BCUT2D eigenvalue weighted by molar-refractivity contribution is 0.0701. The van der Waals surface area contributed by atoms with Gasteiger partial charge in [0, 0.05) is 21.1 Å². The Morgan fingerprint density at radius 3 is 2.52 bits per heavy atom. The van der Waals surface area contributed by atoms with Crippen LogP contribution in [0, 0.1) is 0 Å². The number of ether oxygens (including phenoxy) is 1. The summed E-state index contributed by atoms with van der Waals surface area (Å²) in [6.07, 6.45) is 2.93.